The molecule has 0 saturated heterocycles. The number of aliphatic hydroxyl groups is 1. The highest BCUT2D eigenvalue weighted by Gasteiger charge is 2.21. The normalized spacial score (nSPS) is 14.3. The Labute approximate surface area is 128 Å². The number of rotatable bonds is 7. The molecule has 1 rings (SSSR count). The van der Waals surface area contributed by atoms with Crippen LogP contribution in [0, 0.1) is 5.92 Å². The molecule has 0 aromatic heterocycles. The van der Waals surface area contributed by atoms with Crippen molar-refractivity contribution in [2.75, 3.05) is 0 Å². The van der Waals surface area contributed by atoms with E-state index in [0.717, 1.165) is 5.57 Å². The average molecular weight is 286 g/mol. The Morgan fingerprint density at radius 2 is 1.95 bits per heavy atom. The first kappa shape index (κ1) is 19.1. The van der Waals surface area contributed by atoms with E-state index in [9.17, 15) is 9.90 Å². The molecular weight excluding hydrogens is 260 g/mol. The molecule has 0 aliphatic carbocycles. The number of allylic oxidation sites excluding steroid dienone is 4. The molecule has 0 spiro atoms. The Bertz CT molecular complexity index is 496. The van der Waals surface area contributed by atoms with Crippen LogP contribution in [0.3, 0.4) is 0 Å². The molecule has 1 N–H and O–H groups in total. The van der Waals surface area contributed by atoms with E-state index in [4.69, 9.17) is 0 Å². The van der Waals surface area contributed by atoms with E-state index in [1.165, 1.54) is 0 Å². The van der Waals surface area contributed by atoms with Gasteiger partial charge in [-0.05, 0) is 19.4 Å². The first-order chi connectivity index (χ1) is 9.60. The van der Waals surface area contributed by atoms with Gasteiger partial charge in [-0.2, -0.15) is 0 Å². The Kier molecular flexibility index (Phi) is 8.98. The summed E-state index contributed by atoms with van der Waals surface area (Å²) in [7, 11) is 0. The van der Waals surface area contributed by atoms with Gasteiger partial charge in [-0.25, -0.2) is 0 Å². The summed E-state index contributed by atoms with van der Waals surface area (Å²) >= 11 is 0. The van der Waals surface area contributed by atoms with Crippen molar-refractivity contribution in [3.8, 4) is 0 Å². The first-order valence-corrected chi connectivity index (χ1v) is 6.81. The summed E-state index contributed by atoms with van der Waals surface area (Å²) in [6.07, 6.45) is 7.03. The van der Waals surface area contributed by atoms with Crippen molar-refractivity contribution in [3.63, 3.8) is 0 Å². The Hall–Kier alpha value is -1.93. The molecule has 0 saturated carbocycles. The van der Waals surface area contributed by atoms with E-state index in [1.54, 1.807) is 25.1 Å². The van der Waals surface area contributed by atoms with Gasteiger partial charge in [0.15, 0.2) is 5.78 Å². The average Bonchev–Trinajstić information content (AvgIpc) is 2.47. The van der Waals surface area contributed by atoms with Gasteiger partial charge in [0, 0.05) is 17.9 Å². The number of ketones is 1. The number of aliphatic hydroxyl groups excluding tert-OH is 1. The molecule has 114 valence electrons. The van der Waals surface area contributed by atoms with Crippen LogP contribution in [0.2, 0.25) is 0 Å². The zero-order chi connectivity index (χ0) is 15.0. The summed E-state index contributed by atoms with van der Waals surface area (Å²) in [6.45, 7) is 7.26. The molecule has 2 unspecified atom stereocenters. The van der Waals surface area contributed by atoms with Crippen molar-refractivity contribution in [2.45, 2.75) is 33.8 Å². The predicted molar refractivity (Wildman–Crippen MR) is 90.4 cm³/mol. The molecule has 2 heteroatoms. The molecule has 0 fully saturated rings. The van der Waals surface area contributed by atoms with Gasteiger partial charge in [0.05, 0.1) is 6.10 Å². The van der Waals surface area contributed by atoms with Crippen LogP contribution in [0.15, 0.2) is 66.8 Å². The van der Waals surface area contributed by atoms with E-state index in [1.807, 2.05) is 43.4 Å². The monoisotopic (exact) mass is 286 g/mol. The molecule has 2 nitrogen and oxygen atoms in total. The minimum atomic E-state index is -0.580. The minimum Gasteiger partial charge on any atom is -0.393 e. The quantitative estimate of drug-likeness (QED) is 0.588. The van der Waals surface area contributed by atoms with Gasteiger partial charge in [0.1, 0.15) is 0 Å². The lowest BCUT2D eigenvalue weighted by molar-refractivity contribution is 0.0891. The lowest BCUT2D eigenvalue weighted by Crippen LogP contribution is -2.22. The zero-order valence-electron chi connectivity index (χ0n) is 12.1. The SMILES string of the molecule is C.C=C/C=C\C(=C/C)C(CC(=O)c1ccccc1)C(C)O. The lowest BCUT2D eigenvalue weighted by Gasteiger charge is -2.20. The molecule has 1 aromatic carbocycles. The molecule has 2 atom stereocenters. The molecule has 0 heterocycles. The van der Waals surface area contributed by atoms with Crippen LogP contribution >= 0.6 is 0 Å². The van der Waals surface area contributed by atoms with Gasteiger partial charge < -0.3 is 5.11 Å². The fourth-order valence-corrected chi connectivity index (χ4v) is 2.12. The first-order valence-electron chi connectivity index (χ1n) is 6.81. The third-order valence-electron chi connectivity index (χ3n) is 3.27. The third kappa shape index (κ3) is 5.92. The topological polar surface area (TPSA) is 37.3 Å². The van der Waals surface area contributed by atoms with Gasteiger partial charge in [-0.3, -0.25) is 4.79 Å². The van der Waals surface area contributed by atoms with Crippen molar-refractivity contribution in [3.05, 3.63) is 72.4 Å². The standard InChI is InChI=1S/C18H22O2.CH4/c1-4-6-10-15(5-2)17(14(3)19)13-18(20)16-11-8-7-9-12-16;/h4-12,14,17,19H,1,13H2,2-3H3;1H4/b10-6-,15-5+;. The van der Waals surface area contributed by atoms with E-state index < -0.39 is 6.10 Å². The second-order valence-corrected chi connectivity index (χ2v) is 4.72. The maximum atomic E-state index is 12.3. The Morgan fingerprint density at radius 1 is 1.33 bits per heavy atom. The molecule has 1 aromatic rings. The molecule has 0 aliphatic heterocycles. The van der Waals surface area contributed by atoms with E-state index in [-0.39, 0.29) is 19.1 Å². The molecular formula is C19H26O2. The van der Waals surface area contributed by atoms with Crippen molar-refractivity contribution in [1.82, 2.24) is 0 Å². The summed E-state index contributed by atoms with van der Waals surface area (Å²) in [4.78, 5) is 12.3. The second-order valence-electron chi connectivity index (χ2n) is 4.72. The predicted octanol–water partition coefficient (Wildman–Crippen LogP) is 4.58. The van der Waals surface area contributed by atoms with Crippen LogP contribution in [0.5, 0.6) is 0 Å². The third-order valence-corrected chi connectivity index (χ3v) is 3.27. The van der Waals surface area contributed by atoms with E-state index in [2.05, 4.69) is 6.58 Å². The van der Waals surface area contributed by atoms with Gasteiger partial charge in [-0.1, -0.05) is 68.6 Å². The fraction of sp³-hybridized carbons (Fsp3) is 0.316. The van der Waals surface area contributed by atoms with E-state index >= 15 is 0 Å². The zero-order valence-corrected chi connectivity index (χ0v) is 12.1. The van der Waals surface area contributed by atoms with Crippen molar-refractivity contribution in [1.29, 1.82) is 0 Å². The highest BCUT2D eigenvalue weighted by atomic mass is 16.3. The maximum absolute atomic E-state index is 12.3. The second kappa shape index (κ2) is 9.89. The highest BCUT2D eigenvalue weighted by Crippen LogP contribution is 2.23. The van der Waals surface area contributed by atoms with Gasteiger partial charge in [0.25, 0.3) is 0 Å². The molecule has 21 heavy (non-hydrogen) atoms. The van der Waals surface area contributed by atoms with Crippen molar-refractivity contribution < 1.29 is 9.90 Å². The van der Waals surface area contributed by atoms with Crippen LogP contribution in [0.4, 0.5) is 0 Å². The number of hydrogen-bond donors (Lipinski definition) is 1. The lowest BCUT2D eigenvalue weighted by atomic mass is 9.87. The summed E-state index contributed by atoms with van der Waals surface area (Å²) in [6, 6.07) is 9.18. The number of carbonyl (C=O) groups is 1. The Balaban J connectivity index is 0.00000400. The number of carbonyl (C=O) groups excluding carboxylic acids is 1. The van der Waals surface area contributed by atoms with Gasteiger partial charge in [-0.15, -0.1) is 0 Å². The largest absolute Gasteiger partial charge is 0.393 e. The highest BCUT2D eigenvalue weighted by molar-refractivity contribution is 5.96. The summed E-state index contributed by atoms with van der Waals surface area (Å²) in [5.74, 6) is -0.160. The number of benzene rings is 1. The number of hydrogen-bond acceptors (Lipinski definition) is 2. The van der Waals surface area contributed by atoms with Crippen molar-refractivity contribution in [2.24, 2.45) is 5.92 Å². The van der Waals surface area contributed by atoms with Gasteiger partial charge >= 0.3 is 0 Å². The summed E-state index contributed by atoms with van der Waals surface area (Å²) in [5, 5.41) is 9.96. The molecule has 0 amide bonds. The molecule has 0 radical (unpaired) electrons. The van der Waals surface area contributed by atoms with Crippen LogP contribution in [0.25, 0.3) is 0 Å². The maximum Gasteiger partial charge on any atom is 0.163 e. The minimum absolute atomic E-state index is 0. The molecule has 0 bridgehead atoms. The fourth-order valence-electron chi connectivity index (χ4n) is 2.12. The van der Waals surface area contributed by atoms with Crippen LogP contribution in [-0.2, 0) is 0 Å². The molecule has 0 aliphatic rings. The summed E-state index contributed by atoms with van der Waals surface area (Å²) in [5.41, 5.74) is 1.63. The summed E-state index contributed by atoms with van der Waals surface area (Å²) < 4.78 is 0. The van der Waals surface area contributed by atoms with Gasteiger partial charge in [0.2, 0.25) is 0 Å². The van der Waals surface area contributed by atoms with Crippen LogP contribution < -0.4 is 0 Å². The Morgan fingerprint density at radius 3 is 2.43 bits per heavy atom. The van der Waals surface area contributed by atoms with Crippen molar-refractivity contribution >= 4 is 5.78 Å². The van der Waals surface area contributed by atoms with E-state index in [0.29, 0.717) is 12.0 Å². The smallest absolute Gasteiger partial charge is 0.163 e. The van der Waals surface area contributed by atoms with Crippen LogP contribution in [0.1, 0.15) is 38.1 Å². The number of Topliss-reactive ketones (excluding diaryl/α,β-unsaturated/α-hetero) is 1. The van der Waals surface area contributed by atoms with Crippen LogP contribution in [-0.4, -0.2) is 17.0 Å².